The fourth-order valence-electron chi connectivity index (χ4n) is 7.56. The van der Waals surface area contributed by atoms with E-state index in [1.807, 2.05) is 26.0 Å². The maximum Gasteiger partial charge on any atom is 0.245 e. The monoisotopic (exact) mass is 586 g/mol. The van der Waals surface area contributed by atoms with Gasteiger partial charge >= 0.3 is 0 Å². The van der Waals surface area contributed by atoms with Crippen molar-refractivity contribution in [2.24, 2.45) is 5.41 Å². The van der Waals surface area contributed by atoms with Crippen molar-refractivity contribution in [3.8, 4) is 11.1 Å². The Kier molecular flexibility index (Phi) is 6.66. The maximum atomic E-state index is 14.0. The number of carbonyl (C=O) groups is 3. The number of nitrogens with one attached hydrogen (secondary N) is 1. The van der Waals surface area contributed by atoms with Crippen LogP contribution in [-0.2, 0) is 25.6 Å². The highest BCUT2D eigenvalue weighted by molar-refractivity contribution is 6.07. The number of nitrogens with zero attached hydrogens (tertiary/aromatic N) is 5. The van der Waals surface area contributed by atoms with Gasteiger partial charge in [-0.25, -0.2) is 9.97 Å². The number of hydrogen-bond acceptors (Lipinski definition) is 8. The topological polar surface area (TPSA) is 129 Å². The summed E-state index contributed by atoms with van der Waals surface area (Å²) in [6.45, 7) is 8.40. The number of carbonyl (C=O) groups excluding carboxylic acids is 3. The molecular formula is C32H38N6O5. The number of aromatic nitrogens is 4. The summed E-state index contributed by atoms with van der Waals surface area (Å²) in [6, 6.07) is 3.12. The highest BCUT2D eigenvalue weighted by Gasteiger charge is 2.64. The number of benzene rings is 1. The molecule has 2 saturated carbocycles. The molecule has 0 unspecified atom stereocenters. The van der Waals surface area contributed by atoms with Crippen LogP contribution >= 0.6 is 0 Å². The van der Waals surface area contributed by atoms with Gasteiger partial charge in [-0.1, -0.05) is 13.3 Å². The Bertz CT molecular complexity index is 1630. The van der Waals surface area contributed by atoms with Gasteiger partial charge in [-0.15, -0.1) is 0 Å². The lowest BCUT2D eigenvalue weighted by Crippen LogP contribution is -2.59. The van der Waals surface area contributed by atoms with E-state index in [9.17, 15) is 14.4 Å². The van der Waals surface area contributed by atoms with Crippen LogP contribution in [0.3, 0.4) is 0 Å². The number of rotatable bonds is 6. The zero-order chi connectivity index (χ0) is 30.1. The summed E-state index contributed by atoms with van der Waals surface area (Å²) >= 11 is 0. The average Bonchev–Trinajstić information content (AvgIpc) is 3.30. The summed E-state index contributed by atoms with van der Waals surface area (Å²) in [5.74, 6) is -0.585. The zero-order valence-corrected chi connectivity index (χ0v) is 25.2. The molecule has 0 radical (unpaired) electrons. The molecule has 0 bridgehead atoms. The van der Waals surface area contributed by atoms with Crippen LogP contribution in [0.4, 0.5) is 0 Å². The van der Waals surface area contributed by atoms with Crippen LogP contribution in [0.1, 0.15) is 74.2 Å². The van der Waals surface area contributed by atoms with Gasteiger partial charge in [0.2, 0.25) is 11.8 Å². The molecule has 226 valence electrons. The largest absolute Gasteiger partial charge is 0.346 e. The first kappa shape index (κ1) is 28.1. The summed E-state index contributed by atoms with van der Waals surface area (Å²) in [5.41, 5.74) is 3.56. The van der Waals surface area contributed by atoms with E-state index in [-0.39, 0.29) is 41.6 Å². The number of ketones is 1. The second-order valence-corrected chi connectivity index (χ2v) is 13.0. The van der Waals surface area contributed by atoms with Crippen LogP contribution < -0.4 is 5.32 Å². The van der Waals surface area contributed by atoms with E-state index in [2.05, 4.69) is 27.3 Å². The van der Waals surface area contributed by atoms with Gasteiger partial charge in [-0.2, -0.15) is 5.10 Å². The van der Waals surface area contributed by atoms with Gasteiger partial charge in [0.15, 0.2) is 11.6 Å². The first-order valence-corrected chi connectivity index (χ1v) is 15.3. The van der Waals surface area contributed by atoms with Gasteiger partial charge in [-0.05, 0) is 68.2 Å². The minimum Gasteiger partial charge on any atom is -0.346 e. The Morgan fingerprint density at radius 1 is 1.05 bits per heavy atom. The van der Waals surface area contributed by atoms with Gasteiger partial charge in [0.05, 0.1) is 24.8 Å². The molecule has 3 aromatic rings. The van der Waals surface area contributed by atoms with E-state index in [4.69, 9.17) is 9.47 Å². The third-order valence-electron chi connectivity index (χ3n) is 9.88. The minimum absolute atomic E-state index is 0.0124. The number of amides is 2. The highest BCUT2D eigenvalue weighted by atomic mass is 16.7. The normalized spacial score (nSPS) is 27.4. The standard InChI is InChI=1S/C32H38N6O5/c1-18-11-21(22-15-33-20(3)34-16-22)12-23-28(19(2)39)36-37(29(18)23)17-27(40)38-24(13-31(4)14-26(31)38)30(41)35-25-7-5-6-8-32(25)42-9-10-43-32/h11-12,15-16,24-26H,5-10,13-14,17H2,1-4H3,(H,35,41)/t24-,25-,26+,31-/m0/s1. The second kappa shape index (κ2) is 10.2. The lowest BCUT2D eigenvalue weighted by Gasteiger charge is -2.40. The van der Waals surface area contributed by atoms with Crippen molar-refractivity contribution >= 4 is 28.5 Å². The number of Topliss-reactive ketones (excluding diaryl/α,β-unsaturated/α-hetero) is 1. The molecule has 2 aliphatic heterocycles. The molecule has 4 atom stereocenters. The van der Waals surface area contributed by atoms with Gasteiger partial charge in [0.1, 0.15) is 24.1 Å². The van der Waals surface area contributed by atoms with E-state index in [0.717, 1.165) is 54.3 Å². The molecule has 43 heavy (non-hydrogen) atoms. The van der Waals surface area contributed by atoms with Gasteiger partial charge < -0.3 is 19.7 Å². The van der Waals surface area contributed by atoms with E-state index in [0.29, 0.717) is 36.5 Å². The summed E-state index contributed by atoms with van der Waals surface area (Å²) in [6.07, 6.45) is 8.56. The highest BCUT2D eigenvalue weighted by Crippen LogP contribution is 2.59. The summed E-state index contributed by atoms with van der Waals surface area (Å²) in [4.78, 5) is 50.9. The predicted octanol–water partition coefficient (Wildman–Crippen LogP) is 3.49. The Hall–Kier alpha value is -3.70. The molecule has 2 amide bonds. The van der Waals surface area contributed by atoms with Crippen molar-refractivity contribution in [1.29, 1.82) is 0 Å². The van der Waals surface area contributed by atoms with E-state index in [1.165, 1.54) is 6.92 Å². The first-order chi connectivity index (χ1) is 20.6. The average molecular weight is 587 g/mol. The van der Waals surface area contributed by atoms with Crippen molar-refractivity contribution < 1.29 is 23.9 Å². The number of likely N-dealkylation sites (tertiary alicyclic amines) is 1. The molecule has 1 spiro atoms. The van der Waals surface area contributed by atoms with Crippen LogP contribution in [0.2, 0.25) is 0 Å². The number of piperidine rings is 1. The number of ether oxygens (including phenoxy) is 2. The molecule has 2 aromatic heterocycles. The van der Waals surface area contributed by atoms with Crippen molar-refractivity contribution in [2.75, 3.05) is 13.2 Å². The van der Waals surface area contributed by atoms with Crippen molar-refractivity contribution in [3.05, 3.63) is 41.6 Å². The van der Waals surface area contributed by atoms with Crippen LogP contribution in [0, 0.1) is 19.3 Å². The van der Waals surface area contributed by atoms with Gasteiger partial charge in [0.25, 0.3) is 0 Å². The van der Waals surface area contributed by atoms with Gasteiger partial charge in [-0.3, -0.25) is 19.1 Å². The Balaban J connectivity index is 1.17. The van der Waals surface area contributed by atoms with E-state index in [1.54, 1.807) is 22.0 Å². The van der Waals surface area contributed by atoms with Gasteiger partial charge in [0, 0.05) is 42.7 Å². The molecule has 2 aliphatic carbocycles. The van der Waals surface area contributed by atoms with Crippen LogP contribution in [0.5, 0.6) is 0 Å². The molecule has 2 saturated heterocycles. The Morgan fingerprint density at radius 2 is 1.79 bits per heavy atom. The third kappa shape index (κ3) is 4.73. The van der Waals surface area contributed by atoms with Crippen molar-refractivity contribution in [2.45, 2.75) is 96.7 Å². The molecule has 4 fully saturated rings. The summed E-state index contributed by atoms with van der Waals surface area (Å²) in [7, 11) is 0. The molecule has 11 heteroatoms. The molecule has 1 aromatic carbocycles. The van der Waals surface area contributed by atoms with Crippen LogP contribution in [0.25, 0.3) is 22.0 Å². The maximum absolute atomic E-state index is 14.0. The zero-order valence-electron chi connectivity index (χ0n) is 25.2. The molecule has 7 rings (SSSR count). The summed E-state index contributed by atoms with van der Waals surface area (Å²) < 4.78 is 13.7. The SMILES string of the molecule is CC(=O)c1nn(CC(=O)N2[C@H](C(=O)N[C@H]3CCCCC34OCCO4)C[C@@]3(C)C[C@@H]23)c2c(C)cc(-c3cnc(C)nc3)cc12. The van der Waals surface area contributed by atoms with Crippen LogP contribution in [-0.4, -0.2) is 79.4 Å². The molecule has 4 heterocycles. The van der Waals surface area contributed by atoms with Crippen LogP contribution in [0.15, 0.2) is 24.5 Å². The Labute approximate surface area is 250 Å². The molecule has 11 nitrogen and oxygen atoms in total. The number of aryl methyl sites for hydroxylation is 2. The van der Waals surface area contributed by atoms with Crippen molar-refractivity contribution in [1.82, 2.24) is 30.0 Å². The van der Waals surface area contributed by atoms with Crippen molar-refractivity contribution in [3.63, 3.8) is 0 Å². The number of hydrogen-bond donors (Lipinski definition) is 1. The van der Waals surface area contributed by atoms with E-state index < -0.39 is 11.8 Å². The Morgan fingerprint density at radius 3 is 2.51 bits per heavy atom. The molecule has 4 aliphatic rings. The fourth-order valence-corrected chi connectivity index (χ4v) is 7.56. The third-order valence-corrected chi connectivity index (χ3v) is 9.88. The molecule has 1 N–H and O–H groups in total. The van der Waals surface area contributed by atoms with E-state index >= 15 is 0 Å². The number of fused-ring (bicyclic) bond motifs is 2. The molecular weight excluding hydrogens is 548 g/mol. The second-order valence-electron chi connectivity index (χ2n) is 13.0. The predicted molar refractivity (Wildman–Crippen MR) is 157 cm³/mol. The smallest absolute Gasteiger partial charge is 0.245 e. The lowest BCUT2D eigenvalue weighted by molar-refractivity contribution is -0.196. The fraction of sp³-hybridized carbons (Fsp3) is 0.562. The quantitative estimate of drug-likeness (QED) is 0.435. The summed E-state index contributed by atoms with van der Waals surface area (Å²) in [5, 5.41) is 8.54. The minimum atomic E-state index is -0.758. The first-order valence-electron chi connectivity index (χ1n) is 15.3. The lowest BCUT2D eigenvalue weighted by atomic mass is 9.88.